The van der Waals surface area contributed by atoms with Crippen LogP contribution in [0, 0.1) is 6.92 Å². The maximum Gasteiger partial charge on any atom is 0.276 e. The lowest BCUT2D eigenvalue weighted by Gasteiger charge is -2.16. The summed E-state index contributed by atoms with van der Waals surface area (Å²) in [5.41, 5.74) is 6.30. The van der Waals surface area contributed by atoms with E-state index < -0.39 is 0 Å². The summed E-state index contributed by atoms with van der Waals surface area (Å²) in [6.07, 6.45) is 4.04. The first-order valence-electron chi connectivity index (χ1n) is 12.5. The molecule has 0 radical (unpaired) electrons. The van der Waals surface area contributed by atoms with E-state index in [0.717, 1.165) is 49.9 Å². The number of hydrogen-bond acceptors (Lipinski definition) is 5. The predicted molar refractivity (Wildman–Crippen MR) is 163 cm³/mol. The van der Waals surface area contributed by atoms with E-state index in [1.807, 2.05) is 85.8 Å². The fraction of sp³-hybridized carbons (Fsp3) is 0.129. The van der Waals surface area contributed by atoms with Gasteiger partial charge in [-0.25, -0.2) is 14.6 Å². The zero-order chi connectivity index (χ0) is 27.1. The average molecular weight is 550 g/mol. The zero-order valence-corrected chi connectivity index (χ0v) is 23.8. The van der Waals surface area contributed by atoms with Gasteiger partial charge in [-0.3, -0.25) is 14.0 Å². The Morgan fingerprint density at radius 3 is 1.92 bits per heavy atom. The standard InChI is InChI=1S/C31H27N5OS2/c1-20-29(34(2)36(30(20)37)23-18-12-7-13-19-23)35-26(22-16-10-6-11-17-22)24(21-14-8-5-9-15-21)25-27(35)32-31(39-4)33-28(25)38-3/h5-19H,1-4H3. The molecule has 3 aromatic carbocycles. The van der Waals surface area contributed by atoms with Gasteiger partial charge in [-0.1, -0.05) is 90.6 Å². The van der Waals surface area contributed by atoms with Crippen LogP contribution in [-0.2, 0) is 7.05 Å². The molecule has 0 aliphatic carbocycles. The summed E-state index contributed by atoms with van der Waals surface area (Å²) in [6.45, 7) is 1.89. The van der Waals surface area contributed by atoms with Crippen molar-refractivity contribution in [3.8, 4) is 33.9 Å². The summed E-state index contributed by atoms with van der Waals surface area (Å²) >= 11 is 3.13. The van der Waals surface area contributed by atoms with E-state index in [1.165, 1.54) is 11.8 Å². The smallest absolute Gasteiger partial charge is 0.276 e. The first-order valence-corrected chi connectivity index (χ1v) is 15.0. The van der Waals surface area contributed by atoms with Crippen LogP contribution in [0.4, 0.5) is 0 Å². The van der Waals surface area contributed by atoms with Crippen LogP contribution in [0.3, 0.4) is 0 Å². The largest absolute Gasteiger partial charge is 0.277 e. The third kappa shape index (κ3) is 4.11. The summed E-state index contributed by atoms with van der Waals surface area (Å²) in [7, 11) is 1.94. The quantitative estimate of drug-likeness (QED) is 0.127. The molecule has 0 saturated heterocycles. The Bertz CT molecular complexity index is 1860. The van der Waals surface area contributed by atoms with Gasteiger partial charge in [0.25, 0.3) is 5.56 Å². The van der Waals surface area contributed by atoms with Crippen LogP contribution in [0.15, 0.2) is 106 Å². The number of para-hydroxylation sites is 1. The molecule has 8 heteroatoms. The first kappa shape index (κ1) is 25.3. The molecule has 0 amide bonds. The minimum absolute atomic E-state index is 0.0648. The van der Waals surface area contributed by atoms with Crippen LogP contribution >= 0.6 is 23.5 Å². The molecule has 0 aliphatic heterocycles. The van der Waals surface area contributed by atoms with Crippen molar-refractivity contribution in [1.82, 2.24) is 23.9 Å². The van der Waals surface area contributed by atoms with Crippen molar-refractivity contribution in [3.05, 3.63) is 107 Å². The number of fused-ring (bicyclic) bond motifs is 1. The molecule has 0 saturated carbocycles. The maximum atomic E-state index is 13.8. The fourth-order valence-corrected chi connectivity index (χ4v) is 6.22. The molecule has 0 N–H and O–H groups in total. The van der Waals surface area contributed by atoms with Gasteiger partial charge in [0.2, 0.25) is 0 Å². The third-order valence-electron chi connectivity index (χ3n) is 6.91. The van der Waals surface area contributed by atoms with Crippen molar-refractivity contribution >= 4 is 34.6 Å². The number of rotatable bonds is 6. The van der Waals surface area contributed by atoms with E-state index in [2.05, 4.69) is 41.0 Å². The molecule has 3 heterocycles. The van der Waals surface area contributed by atoms with Crippen molar-refractivity contribution in [1.29, 1.82) is 0 Å². The molecule has 6 rings (SSSR count). The molecule has 0 fully saturated rings. The lowest BCUT2D eigenvalue weighted by atomic mass is 9.99. The fourth-order valence-electron chi connectivity index (χ4n) is 5.23. The highest BCUT2D eigenvalue weighted by Gasteiger charge is 2.29. The van der Waals surface area contributed by atoms with Gasteiger partial charge in [-0.15, -0.1) is 11.8 Å². The molecule has 0 atom stereocenters. The van der Waals surface area contributed by atoms with Crippen molar-refractivity contribution in [3.63, 3.8) is 0 Å². The molecule has 0 unspecified atom stereocenters. The number of nitrogens with zero attached hydrogens (tertiary/aromatic N) is 5. The van der Waals surface area contributed by atoms with Crippen LogP contribution < -0.4 is 5.56 Å². The Kier molecular flexibility index (Phi) is 6.66. The van der Waals surface area contributed by atoms with Gasteiger partial charge in [0, 0.05) is 12.6 Å². The van der Waals surface area contributed by atoms with Crippen LogP contribution in [0.5, 0.6) is 0 Å². The number of thioether (sulfide) groups is 2. The number of hydrogen-bond donors (Lipinski definition) is 0. The molecular weight excluding hydrogens is 523 g/mol. The van der Waals surface area contributed by atoms with Gasteiger partial charge in [-0.2, -0.15) is 0 Å². The van der Waals surface area contributed by atoms with Crippen LogP contribution in [0.25, 0.3) is 44.9 Å². The Hall–Kier alpha value is -4.01. The third-order valence-corrected chi connectivity index (χ3v) is 8.14. The average Bonchev–Trinajstić information content (AvgIpc) is 3.43. The Labute approximate surface area is 235 Å². The van der Waals surface area contributed by atoms with Crippen LogP contribution in [0.2, 0.25) is 0 Å². The Morgan fingerprint density at radius 2 is 1.33 bits per heavy atom. The molecule has 0 bridgehead atoms. The molecule has 3 aromatic heterocycles. The Balaban J connectivity index is 1.85. The highest BCUT2D eigenvalue weighted by Crippen LogP contribution is 2.45. The van der Waals surface area contributed by atoms with E-state index in [-0.39, 0.29) is 5.56 Å². The topological polar surface area (TPSA) is 57.6 Å². The normalized spacial score (nSPS) is 11.4. The molecule has 194 valence electrons. The lowest BCUT2D eigenvalue weighted by Crippen LogP contribution is -2.20. The Morgan fingerprint density at radius 1 is 0.744 bits per heavy atom. The van der Waals surface area contributed by atoms with Crippen molar-refractivity contribution in [2.45, 2.75) is 17.1 Å². The number of benzene rings is 3. The van der Waals surface area contributed by atoms with Gasteiger partial charge in [0.05, 0.1) is 22.3 Å². The van der Waals surface area contributed by atoms with E-state index in [0.29, 0.717) is 10.7 Å². The second-order valence-electron chi connectivity index (χ2n) is 9.13. The molecular formula is C31H27N5OS2. The molecule has 6 aromatic rings. The minimum Gasteiger partial charge on any atom is -0.277 e. The van der Waals surface area contributed by atoms with Gasteiger partial charge in [0.15, 0.2) is 10.8 Å². The monoisotopic (exact) mass is 549 g/mol. The van der Waals surface area contributed by atoms with Gasteiger partial charge in [-0.05, 0) is 42.7 Å². The molecule has 39 heavy (non-hydrogen) atoms. The van der Waals surface area contributed by atoms with E-state index in [4.69, 9.17) is 9.97 Å². The van der Waals surface area contributed by atoms with E-state index >= 15 is 0 Å². The maximum absolute atomic E-state index is 13.8. The highest BCUT2D eigenvalue weighted by molar-refractivity contribution is 7.99. The molecule has 0 aliphatic rings. The summed E-state index contributed by atoms with van der Waals surface area (Å²) in [5, 5.41) is 2.57. The van der Waals surface area contributed by atoms with E-state index in [9.17, 15) is 4.79 Å². The van der Waals surface area contributed by atoms with Crippen LogP contribution in [0.1, 0.15) is 5.56 Å². The predicted octanol–water partition coefficient (Wildman–Crippen LogP) is 7.00. The van der Waals surface area contributed by atoms with Crippen molar-refractivity contribution < 1.29 is 0 Å². The van der Waals surface area contributed by atoms with Gasteiger partial charge < -0.3 is 0 Å². The second kappa shape index (κ2) is 10.3. The van der Waals surface area contributed by atoms with Crippen molar-refractivity contribution in [2.24, 2.45) is 7.05 Å². The summed E-state index contributed by atoms with van der Waals surface area (Å²) in [4.78, 5) is 23.8. The summed E-state index contributed by atoms with van der Waals surface area (Å²) < 4.78 is 5.82. The number of aromatic nitrogens is 5. The van der Waals surface area contributed by atoms with Gasteiger partial charge in [0.1, 0.15) is 10.8 Å². The van der Waals surface area contributed by atoms with Crippen molar-refractivity contribution in [2.75, 3.05) is 12.5 Å². The summed E-state index contributed by atoms with van der Waals surface area (Å²) in [6, 6.07) is 30.4. The molecule has 6 nitrogen and oxygen atoms in total. The lowest BCUT2D eigenvalue weighted by molar-refractivity contribution is 0.631. The first-order chi connectivity index (χ1) is 19.0. The van der Waals surface area contributed by atoms with Crippen LogP contribution in [-0.4, -0.2) is 36.4 Å². The SMILES string of the molecule is CSc1nc(SC)c2c(-c3ccccc3)c(-c3ccccc3)n(-c3c(C)c(=O)n(-c4ccccc4)n3C)c2n1. The zero-order valence-electron chi connectivity index (χ0n) is 22.1. The highest BCUT2D eigenvalue weighted by atomic mass is 32.2. The minimum atomic E-state index is -0.0648. The molecule has 0 spiro atoms. The van der Waals surface area contributed by atoms with E-state index in [1.54, 1.807) is 16.4 Å². The second-order valence-corrected chi connectivity index (χ2v) is 10.7. The summed E-state index contributed by atoms with van der Waals surface area (Å²) in [5.74, 6) is 0.771. The van der Waals surface area contributed by atoms with Gasteiger partial charge >= 0.3 is 0 Å².